The summed E-state index contributed by atoms with van der Waals surface area (Å²) in [6.07, 6.45) is 0. The summed E-state index contributed by atoms with van der Waals surface area (Å²) in [6, 6.07) is 11.7. The summed E-state index contributed by atoms with van der Waals surface area (Å²) >= 11 is 11.9. The quantitative estimate of drug-likeness (QED) is 0.851. The van der Waals surface area contributed by atoms with Gasteiger partial charge in [0, 0.05) is 25.7 Å². The lowest BCUT2D eigenvalue weighted by Gasteiger charge is -2.18. The Kier molecular flexibility index (Phi) is 6.06. The van der Waals surface area contributed by atoms with E-state index < -0.39 is 6.03 Å². The molecule has 7 heteroatoms. The van der Waals surface area contributed by atoms with E-state index in [9.17, 15) is 9.59 Å². The van der Waals surface area contributed by atoms with Crippen LogP contribution in [0.15, 0.2) is 42.5 Å². The number of urea groups is 1. The van der Waals surface area contributed by atoms with Crippen molar-refractivity contribution in [3.05, 3.63) is 69.2 Å². The van der Waals surface area contributed by atoms with Gasteiger partial charge in [-0.2, -0.15) is 0 Å². The van der Waals surface area contributed by atoms with Gasteiger partial charge in [-0.15, -0.1) is 0 Å². The van der Waals surface area contributed by atoms with Crippen LogP contribution in [0.2, 0.25) is 10.0 Å². The predicted octanol–water partition coefficient (Wildman–Crippen LogP) is 3.43. The van der Waals surface area contributed by atoms with Crippen molar-refractivity contribution in [1.82, 2.24) is 10.2 Å². The molecule has 0 saturated carbocycles. The minimum Gasteiger partial charge on any atom is -0.352 e. The van der Waals surface area contributed by atoms with Crippen LogP contribution >= 0.6 is 23.2 Å². The Labute approximate surface area is 150 Å². The number of carbonyl (C=O) groups is 2. The average Bonchev–Trinajstić information content (AvgIpc) is 2.56. The van der Waals surface area contributed by atoms with E-state index >= 15 is 0 Å². The minimum absolute atomic E-state index is 0.115. The maximum Gasteiger partial charge on any atom is 0.312 e. The van der Waals surface area contributed by atoms with Crippen LogP contribution in [0.1, 0.15) is 21.5 Å². The minimum atomic E-state index is -0.587. The highest BCUT2D eigenvalue weighted by Crippen LogP contribution is 2.23. The van der Waals surface area contributed by atoms with Gasteiger partial charge >= 0.3 is 6.03 Å². The highest BCUT2D eigenvalue weighted by molar-refractivity contribution is 6.42. The molecular formula is C17H17Cl2N3O2. The molecule has 2 aromatic carbocycles. The van der Waals surface area contributed by atoms with Gasteiger partial charge in [0.25, 0.3) is 5.91 Å². The number of hydrogen-bond acceptors (Lipinski definition) is 2. The number of nitrogens with two attached hydrogens (primary N) is 1. The molecular weight excluding hydrogens is 349 g/mol. The number of hydrogen-bond donors (Lipinski definition) is 2. The summed E-state index contributed by atoms with van der Waals surface area (Å²) in [4.78, 5) is 24.7. The van der Waals surface area contributed by atoms with Gasteiger partial charge in [-0.05, 0) is 35.4 Å². The fraction of sp³-hybridized carbons (Fsp3) is 0.176. The number of amides is 3. The number of rotatable bonds is 5. The molecule has 24 heavy (non-hydrogen) atoms. The van der Waals surface area contributed by atoms with Crippen LogP contribution in [0.3, 0.4) is 0 Å². The molecule has 0 bridgehead atoms. The molecule has 0 spiro atoms. The largest absolute Gasteiger partial charge is 0.352 e. The van der Waals surface area contributed by atoms with Crippen molar-refractivity contribution in [3.8, 4) is 0 Å². The summed E-state index contributed by atoms with van der Waals surface area (Å²) in [5, 5.41) is 3.44. The van der Waals surface area contributed by atoms with E-state index in [1.54, 1.807) is 48.3 Å². The first kappa shape index (κ1) is 18.1. The van der Waals surface area contributed by atoms with Gasteiger partial charge in [-0.1, -0.05) is 41.4 Å². The Morgan fingerprint density at radius 2 is 1.67 bits per heavy atom. The summed E-state index contributed by atoms with van der Waals surface area (Å²) < 4.78 is 0. The highest BCUT2D eigenvalue weighted by Gasteiger charge is 2.12. The lowest BCUT2D eigenvalue weighted by atomic mass is 10.1. The smallest absolute Gasteiger partial charge is 0.312 e. The highest BCUT2D eigenvalue weighted by atomic mass is 35.5. The van der Waals surface area contributed by atoms with Gasteiger partial charge < -0.3 is 16.0 Å². The van der Waals surface area contributed by atoms with Gasteiger partial charge in [-0.3, -0.25) is 4.79 Å². The van der Waals surface area contributed by atoms with Crippen molar-refractivity contribution in [3.63, 3.8) is 0 Å². The van der Waals surface area contributed by atoms with Crippen LogP contribution < -0.4 is 11.1 Å². The third-order valence-electron chi connectivity index (χ3n) is 3.42. The zero-order valence-corrected chi connectivity index (χ0v) is 14.6. The Balaban J connectivity index is 2.01. The van der Waals surface area contributed by atoms with Crippen molar-refractivity contribution in [2.24, 2.45) is 5.73 Å². The second-order valence-corrected chi connectivity index (χ2v) is 6.14. The molecule has 3 amide bonds. The van der Waals surface area contributed by atoms with Crippen LogP contribution in [-0.4, -0.2) is 23.9 Å². The fourth-order valence-corrected chi connectivity index (χ4v) is 2.48. The predicted molar refractivity (Wildman–Crippen MR) is 95.1 cm³/mol. The van der Waals surface area contributed by atoms with Gasteiger partial charge in [0.15, 0.2) is 0 Å². The molecule has 0 atom stereocenters. The van der Waals surface area contributed by atoms with E-state index in [1.165, 1.54) is 0 Å². The molecule has 0 unspecified atom stereocenters. The molecule has 0 saturated heterocycles. The lowest BCUT2D eigenvalue weighted by Crippen LogP contribution is -2.28. The van der Waals surface area contributed by atoms with E-state index in [4.69, 9.17) is 28.9 Å². The Morgan fingerprint density at radius 3 is 2.25 bits per heavy atom. The average molecular weight is 366 g/mol. The molecule has 0 radical (unpaired) electrons. The SMILES string of the molecule is CN(Cc1ccc(Cl)c(Cl)c1)C(=O)c1ccc(CNC(N)=O)cc1. The summed E-state index contributed by atoms with van der Waals surface area (Å²) in [6.45, 7) is 0.740. The van der Waals surface area contributed by atoms with Crippen LogP contribution in [0.4, 0.5) is 4.79 Å². The Bertz CT molecular complexity index is 748. The van der Waals surface area contributed by atoms with Crippen LogP contribution in [0, 0.1) is 0 Å². The number of halogens is 2. The number of nitrogens with zero attached hydrogens (tertiary/aromatic N) is 1. The standard InChI is InChI=1S/C17H17Cl2N3O2/c1-22(10-12-4-7-14(18)15(19)8-12)16(23)13-5-2-11(3-6-13)9-21-17(20)24/h2-8H,9-10H2,1H3,(H3,20,21,24). The summed E-state index contributed by atoms with van der Waals surface area (Å²) in [5.74, 6) is -0.115. The van der Waals surface area contributed by atoms with Crippen LogP contribution in [0.25, 0.3) is 0 Å². The molecule has 5 nitrogen and oxygen atoms in total. The summed E-state index contributed by atoms with van der Waals surface area (Å²) in [7, 11) is 1.72. The van der Waals surface area contributed by atoms with Gasteiger partial charge in [-0.25, -0.2) is 4.79 Å². The topological polar surface area (TPSA) is 75.4 Å². The van der Waals surface area contributed by atoms with Crippen molar-refractivity contribution in [2.45, 2.75) is 13.1 Å². The molecule has 0 aliphatic rings. The van der Waals surface area contributed by atoms with Gasteiger partial charge in [0.05, 0.1) is 10.0 Å². The van der Waals surface area contributed by atoms with Crippen molar-refractivity contribution >= 4 is 35.1 Å². The van der Waals surface area contributed by atoms with Gasteiger partial charge in [0.1, 0.15) is 0 Å². The molecule has 0 aliphatic carbocycles. The molecule has 0 aromatic heterocycles. The van der Waals surface area contributed by atoms with E-state index in [2.05, 4.69) is 5.32 Å². The van der Waals surface area contributed by atoms with Crippen molar-refractivity contribution in [1.29, 1.82) is 0 Å². The van der Waals surface area contributed by atoms with E-state index in [1.807, 2.05) is 6.07 Å². The van der Waals surface area contributed by atoms with E-state index in [0.29, 0.717) is 28.7 Å². The first-order valence-corrected chi connectivity index (χ1v) is 7.94. The maximum absolute atomic E-state index is 12.5. The van der Waals surface area contributed by atoms with Crippen molar-refractivity contribution in [2.75, 3.05) is 7.05 Å². The monoisotopic (exact) mass is 365 g/mol. The number of primary amides is 1. The first-order chi connectivity index (χ1) is 11.4. The number of carbonyl (C=O) groups excluding carboxylic acids is 2. The second-order valence-electron chi connectivity index (χ2n) is 5.32. The fourth-order valence-electron chi connectivity index (χ4n) is 2.16. The van der Waals surface area contributed by atoms with E-state index in [-0.39, 0.29) is 5.91 Å². The molecule has 0 aliphatic heterocycles. The van der Waals surface area contributed by atoms with Crippen LogP contribution in [-0.2, 0) is 13.1 Å². The Morgan fingerprint density at radius 1 is 1.04 bits per heavy atom. The zero-order valence-electron chi connectivity index (χ0n) is 13.1. The normalized spacial score (nSPS) is 10.3. The molecule has 3 N–H and O–H groups in total. The second kappa shape index (κ2) is 8.04. The van der Waals surface area contributed by atoms with Crippen LogP contribution in [0.5, 0.6) is 0 Å². The molecule has 126 valence electrons. The Hall–Kier alpha value is -2.24. The molecule has 0 heterocycles. The number of nitrogens with one attached hydrogen (secondary N) is 1. The first-order valence-electron chi connectivity index (χ1n) is 7.18. The third-order valence-corrected chi connectivity index (χ3v) is 4.16. The molecule has 2 aromatic rings. The lowest BCUT2D eigenvalue weighted by molar-refractivity contribution is 0.0785. The van der Waals surface area contributed by atoms with E-state index in [0.717, 1.165) is 11.1 Å². The number of benzene rings is 2. The molecule has 0 fully saturated rings. The van der Waals surface area contributed by atoms with Crippen molar-refractivity contribution < 1.29 is 9.59 Å². The summed E-state index contributed by atoms with van der Waals surface area (Å²) in [5.41, 5.74) is 7.33. The zero-order chi connectivity index (χ0) is 17.7. The molecule has 2 rings (SSSR count). The van der Waals surface area contributed by atoms with Gasteiger partial charge in [0.2, 0.25) is 0 Å². The maximum atomic E-state index is 12.5. The third kappa shape index (κ3) is 4.88.